The van der Waals surface area contributed by atoms with Gasteiger partial charge in [-0.2, -0.15) is 0 Å². The van der Waals surface area contributed by atoms with Crippen LogP contribution < -0.4 is 5.73 Å². The number of anilines is 1. The lowest BCUT2D eigenvalue weighted by atomic mass is 10.1. The highest BCUT2D eigenvalue weighted by Crippen LogP contribution is 2.20. The molecular formula is C14H11FN2O4. The molecule has 2 aromatic rings. The molecule has 108 valence electrons. The number of nitrogen functional groups attached to an aromatic ring is 1. The number of nitro benzene ring substituents is 1. The molecule has 0 fully saturated rings. The lowest BCUT2D eigenvalue weighted by Gasteiger charge is -2.07. The van der Waals surface area contributed by atoms with Crippen molar-refractivity contribution in [3.05, 3.63) is 69.5 Å². The van der Waals surface area contributed by atoms with Crippen LogP contribution in [0.3, 0.4) is 0 Å². The van der Waals surface area contributed by atoms with E-state index in [2.05, 4.69) is 0 Å². The van der Waals surface area contributed by atoms with E-state index in [0.717, 1.165) is 12.1 Å². The molecule has 6 nitrogen and oxygen atoms in total. The van der Waals surface area contributed by atoms with Gasteiger partial charge in [0, 0.05) is 11.8 Å². The van der Waals surface area contributed by atoms with Gasteiger partial charge in [-0.05, 0) is 24.3 Å². The van der Waals surface area contributed by atoms with Crippen molar-refractivity contribution in [1.82, 2.24) is 0 Å². The quantitative estimate of drug-likeness (QED) is 0.404. The van der Waals surface area contributed by atoms with E-state index in [1.54, 1.807) is 6.07 Å². The van der Waals surface area contributed by atoms with E-state index in [9.17, 15) is 19.3 Å². The minimum absolute atomic E-state index is 0.00924. The van der Waals surface area contributed by atoms with Crippen LogP contribution in [0.2, 0.25) is 0 Å². The molecule has 0 saturated carbocycles. The normalized spacial score (nSPS) is 10.1. The number of esters is 1. The molecule has 0 amide bonds. The number of hydrogen-bond donors (Lipinski definition) is 1. The van der Waals surface area contributed by atoms with Crippen LogP contribution in [0.25, 0.3) is 0 Å². The highest BCUT2D eigenvalue weighted by molar-refractivity contribution is 5.95. The Morgan fingerprint density at radius 3 is 2.67 bits per heavy atom. The Kier molecular flexibility index (Phi) is 4.13. The zero-order valence-electron chi connectivity index (χ0n) is 10.8. The molecule has 0 saturated heterocycles. The Labute approximate surface area is 119 Å². The topological polar surface area (TPSA) is 95.5 Å². The van der Waals surface area contributed by atoms with Crippen LogP contribution in [0.5, 0.6) is 0 Å². The number of carbonyl (C=O) groups is 1. The number of rotatable bonds is 4. The van der Waals surface area contributed by atoms with E-state index >= 15 is 0 Å². The minimum Gasteiger partial charge on any atom is -0.457 e. The summed E-state index contributed by atoms with van der Waals surface area (Å²) in [5.41, 5.74) is 5.60. The van der Waals surface area contributed by atoms with Crippen molar-refractivity contribution in [3.63, 3.8) is 0 Å². The van der Waals surface area contributed by atoms with Gasteiger partial charge in [-0.15, -0.1) is 0 Å². The van der Waals surface area contributed by atoms with Crippen molar-refractivity contribution in [2.45, 2.75) is 6.61 Å². The largest absolute Gasteiger partial charge is 0.457 e. The van der Waals surface area contributed by atoms with Crippen molar-refractivity contribution in [3.8, 4) is 0 Å². The molecule has 2 N–H and O–H groups in total. The molecule has 0 spiro atoms. The van der Waals surface area contributed by atoms with Gasteiger partial charge in [0.25, 0.3) is 5.69 Å². The lowest BCUT2D eigenvalue weighted by Crippen LogP contribution is -2.09. The Balaban J connectivity index is 2.13. The minimum atomic E-state index is -0.773. The second kappa shape index (κ2) is 6.00. The fourth-order valence-corrected chi connectivity index (χ4v) is 1.75. The third-order valence-corrected chi connectivity index (χ3v) is 2.78. The van der Waals surface area contributed by atoms with Crippen LogP contribution >= 0.6 is 0 Å². The average molecular weight is 290 g/mol. The number of carbonyl (C=O) groups excluding carboxylic acids is 1. The summed E-state index contributed by atoms with van der Waals surface area (Å²) < 4.78 is 17.9. The fraction of sp³-hybridized carbons (Fsp3) is 0.0714. The third kappa shape index (κ3) is 3.33. The number of ether oxygens (including phenoxy) is 1. The summed E-state index contributed by atoms with van der Waals surface area (Å²) in [5.74, 6) is -1.34. The lowest BCUT2D eigenvalue weighted by molar-refractivity contribution is -0.385. The van der Waals surface area contributed by atoms with Gasteiger partial charge in [-0.3, -0.25) is 10.1 Å². The van der Waals surface area contributed by atoms with Crippen LogP contribution in [0.4, 0.5) is 15.8 Å². The van der Waals surface area contributed by atoms with Crippen molar-refractivity contribution in [2.75, 3.05) is 5.73 Å². The van der Waals surface area contributed by atoms with Crippen molar-refractivity contribution in [1.29, 1.82) is 0 Å². The van der Waals surface area contributed by atoms with Crippen LogP contribution in [-0.2, 0) is 11.3 Å². The van der Waals surface area contributed by atoms with Gasteiger partial charge >= 0.3 is 5.97 Å². The van der Waals surface area contributed by atoms with E-state index < -0.39 is 16.7 Å². The SMILES string of the molecule is Nc1cc(F)ccc1C(=O)OCc1ccccc1[N+](=O)[O-]. The molecule has 0 heterocycles. The number of para-hydroxylation sites is 1. The van der Waals surface area contributed by atoms with E-state index in [0.29, 0.717) is 0 Å². The summed E-state index contributed by atoms with van der Waals surface area (Å²) >= 11 is 0. The van der Waals surface area contributed by atoms with Gasteiger partial charge < -0.3 is 10.5 Å². The summed E-state index contributed by atoms with van der Waals surface area (Å²) in [6.45, 7) is -0.271. The second-order valence-electron chi connectivity index (χ2n) is 4.19. The number of nitrogens with zero attached hydrogens (tertiary/aromatic N) is 1. The first-order chi connectivity index (χ1) is 9.99. The van der Waals surface area contributed by atoms with Crippen LogP contribution in [0.15, 0.2) is 42.5 Å². The molecule has 7 heteroatoms. The second-order valence-corrected chi connectivity index (χ2v) is 4.19. The molecule has 0 bridgehead atoms. The number of benzene rings is 2. The number of nitro groups is 1. The van der Waals surface area contributed by atoms with E-state index in [-0.39, 0.29) is 29.1 Å². The molecule has 0 unspecified atom stereocenters. The summed E-state index contributed by atoms with van der Waals surface area (Å²) in [5, 5.41) is 10.8. The fourth-order valence-electron chi connectivity index (χ4n) is 1.75. The van der Waals surface area contributed by atoms with Crippen LogP contribution in [-0.4, -0.2) is 10.9 Å². The Bertz CT molecular complexity index is 703. The molecule has 0 aliphatic rings. The highest BCUT2D eigenvalue weighted by atomic mass is 19.1. The Morgan fingerprint density at radius 1 is 1.29 bits per heavy atom. The molecule has 0 atom stereocenters. The number of halogens is 1. The van der Waals surface area contributed by atoms with Gasteiger partial charge in [0.2, 0.25) is 0 Å². The summed E-state index contributed by atoms with van der Waals surface area (Å²) in [7, 11) is 0. The zero-order valence-corrected chi connectivity index (χ0v) is 10.8. The summed E-state index contributed by atoms with van der Waals surface area (Å²) in [6, 6.07) is 9.20. The molecule has 0 aliphatic heterocycles. The van der Waals surface area contributed by atoms with Crippen molar-refractivity contribution < 1.29 is 18.8 Å². The molecule has 0 radical (unpaired) electrons. The smallest absolute Gasteiger partial charge is 0.340 e. The Morgan fingerprint density at radius 2 is 2.00 bits per heavy atom. The van der Waals surface area contributed by atoms with Crippen molar-refractivity contribution >= 4 is 17.3 Å². The number of hydrogen-bond acceptors (Lipinski definition) is 5. The van der Waals surface area contributed by atoms with Gasteiger partial charge in [-0.1, -0.05) is 12.1 Å². The first kappa shape index (κ1) is 14.4. The predicted octanol–water partition coefficient (Wildman–Crippen LogP) is 2.67. The van der Waals surface area contributed by atoms with E-state index in [1.165, 1.54) is 24.3 Å². The van der Waals surface area contributed by atoms with E-state index in [1.807, 2.05) is 0 Å². The van der Waals surface area contributed by atoms with Gasteiger partial charge in [0.05, 0.1) is 16.1 Å². The highest BCUT2D eigenvalue weighted by Gasteiger charge is 2.16. The molecular weight excluding hydrogens is 279 g/mol. The predicted molar refractivity (Wildman–Crippen MR) is 73.0 cm³/mol. The van der Waals surface area contributed by atoms with Crippen molar-refractivity contribution in [2.24, 2.45) is 0 Å². The maximum atomic E-state index is 12.9. The maximum absolute atomic E-state index is 12.9. The molecule has 0 aliphatic carbocycles. The van der Waals surface area contributed by atoms with Crippen LogP contribution in [0.1, 0.15) is 15.9 Å². The first-order valence-electron chi connectivity index (χ1n) is 5.93. The van der Waals surface area contributed by atoms with Gasteiger partial charge in [0.15, 0.2) is 0 Å². The van der Waals surface area contributed by atoms with E-state index in [4.69, 9.17) is 10.5 Å². The summed E-state index contributed by atoms with van der Waals surface area (Å²) in [6.07, 6.45) is 0. The average Bonchev–Trinajstić information content (AvgIpc) is 2.45. The molecule has 21 heavy (non-hydrogen) atoms. The first-order valence-corrected chi connectivity index (χ1v) is 5.93. The monoisotopic (exact) mass is 290 g/mol. The van der Waals surface area contributed by atoms with Gasteiger partial charge in [-0.25, -0.2) is 9.18 Å². The summed E-state index contributed by atoms with van der Waals surface area (Å²) in [4.78, 5) is 22.1. The zero-order chi connectivity index (χ0) is 15.4. The molecule has 0 aromatic heterocycles. The molecule has 2 aromatic carbocycles. The molecule has 2 rings (SSSR count). The Hall–Kier alpha value is -2.96. The van der Waals surface area contributed by atoms with Crippen LogP contribution in [0, 0.1) is 15.9 Å². The third-order valence-electron chi connectivity index (χ3n) is 2.78. The standard InChI is InChI=1S/C14H11FN2O4/c15-10-5-6-11(12(16)7-10)14(18)21-8-9-3-1-2-4-13(9)17(19)20/h1-7H,8,16H2. The van der Waals surface area contributed by atoms with Gasteiger partial charge in [0.1, 0.15) is 12.4 Å². The maximum Gasteiger partial charge on any atom is 0.340 e. The number of nitrogens with two attached hydrogens (primary N) is 1.